The van der Waals surface area contributed by atoms with Gasteiger partial charge in [-0.1, -0.05) is 32.9 Å². The fraction of sp³-hybridized carbons (Fsp3) is 0.500. The van der Waals surface area contributed by atoms with Crippen molar-refractivity contribution in [1.82, 2.24) is 15.3 Å². The fourth-order valence-corrected chi connectivity index (χ4v) is 2.90. The largest absolute Gasteiger partial charge is 0.464 e. The summed E-state index contributed by atoms with van der Waals surface area (Å²) in [5.74, 6) is -1.09. The molecule has 27 heavy (non-hydrogen) atoms. The van der Waals surface area contributed by atoms with Gasteiger partial charge in [-0.2, -0.15) is 5.26 Å². The number of hydrogen-bond acceptors (Lipinski definition) is 7. The van der Waals surface area contributed by atoms with Crippen molar-refractivity contribution in [2.75, 3.05) is 37.7 Å². The van der Waals surface area contributed by atoms with Gasteiger partial charge in [0.2, 0.25) is 0 Å². The number of carbonyl (C=O) groups is 1. The minimum atomic E-state index is -1.10. The summed E-state index contributed by atoms with van der Waals surface area (Å²) in [5.41, 5.74) is 1.60. The van der Waals surface area contributed by atoms with Gasteiger partial charge in [0.25, 0.3) is 0 Å². The van der Waals surface area contributed by atoms with Gasteiger partial charge < -0.3 is 15.0 Å². The minimum absolute atomic E-state index is 0.175. The molecule has 0 saturated carbocycles. The van der Waals surface area contributed by atoms with E-state index in [4.69, 9.17) is 9.72 Å². The number of piperazine rings is 1. The van der Waals surface area contributed by atoms with Crippen LogP contribution >= 0.6 is 0 Å². The van der Waals surface area contributed by atoms with Crippen LogP contribution in [-0.4, -0.2) is 48.7 Å². The van der Waals surface area contributed by atoms with Crippen LogP contribution in [0.4, 0.5) is 5.82 Å². The van der Waals surface area contributed by atoms with Crippen LogP contribution in [0.5, 0.6) is 0 Å². The van der Waals surface area contributed by atoms with Crippen molar-refractivity contribution in [3.8, 4) is 6.07 Å². The Morgan fingerprint density at radius 2 is 1.89 bits per heavy atom. The van der Waals surface area contributed by atoms with Crippen LogP contribution in [0.2, 0.25) is 0 Å². The van der Waals surface area contributed by atoms with Gasteiger partial charge >= 0.3 is 5.97 Å². The molecule has 7 nitrogen and oxygen atoms in total. The van der Waals surface area contributed by atoms with Crippen molar-refractivity contribution in [3.63, 3.8) is 0 Å². The van der Waals surface area contributed by atoms with Crippen LogP contribution in [0.1, 0.15) is 32.4 Å². The predicted octanol–water partition coefficient (Wildman–Crippen LogP) is 2.24. The van der Waals surface area contributed by atoms with E-state index in [1.165, 1.54) is 0 Å². The predicted molar refractivity (Wildman–Crippen MR) is 103 cm³/mol. The molecule has 1 N–H and O–H groups in total. The maximum Gasteiger partial charge on any atom is 0.329 e. The third kappa shape index (κ3) is 4.52. The molecule has 142 valence electrons. The fourth-order valence-electron chi connectivity index (χ4n) is 2.90. The van der Waals surface area contributed by atoms with E-state index in [0.29, 0.717) is 17.0 Å². The summed E-state index contributed by atoms with van der Waals surface area (Å²) in [6.07, 6.45) is 0. The Kier molecular flexibility index (Phi) is 5.57. The number of anilines is 1. The van der Waals surface area contributed by atoms with E-state index in [0.717, 1.165) is 31.7 Å². The van der Waals surface area contributed by atoms with E-state index in [1.54, 1.807) is 0 Å². The zero-order chi connectivity index (χ0) is 19.4. The van der Waals surface area contributed by atoms with E-state index in [1.807, 2.05) is 45.0 Å². The van der Waals surface area contributed by atoms with Crippen LogP contribution in [0, 0.1) is 16.7 Å². The Bertz CT molecular complexity index is 863. The molecule has 1 aliphatic rings. The molecular weight excluding hydrogens is 342 g/mol. The zero-order valence-corrected chi connectivity index (χ0v) is 16.0. The molecule has 1 aromatic carbocycles. The van der Waals surface area contributed by atoms with E-state index >= 15 is 0 Å². The Hall–Kier alpha value is -2.72. The molecular formula is C20H25N5O2. The molecule has 1 atom stereocenters. The van der Waals surface area contributed by atoms with Gasteiger partial charge in [-0.25, -0.2) is 9.97 Å². The van der Waals surface area contributed by atoms with Crippen molar-refractivity contribution < 1.29 is 9.53 Å². The molecule has 0 radical (unpaired) electrons. The number of para-hydroxylation sites is 2. The van der Waals surface area contributed by atoms with Crippen molar-refractivity contribution >= 4 is 22.8 Å². The third-order valence-electron chi connectivity index (χ3n) is 4.28. The number of nitrogens with one attached hydrogen (secondary N) is 1. The summed E-state index contributed by atoms with van der Waals surface area (Å²) >= 11 is 0. The summed E-state index contributed by atoms with van der Waals surface area (Å²) in [7, 11) is 0. The Morgan fingerprint density at radius 1 is 1.26 bits per heavy atom. The number of rotatable bonds is 4. The molecule has 1 saturated heterocycles. The molecule has 1 unspecified atom stereocenters. The number of fused-ring (bicyclic) bond motifs is 1. The van der Waals surface area contributed by atoms with Gasteiger partial charge in [0, 0.05) is 26.2 Å². The lowest BCUT2D eigenvalue weighted by Gasteiger charge is -2.30. The molecule has 0 bridgehead atoms. The molecule has 1 aliphatic heterocycles. The van der Waals surface area contributed by atoms with Crippen molar-refractivity contribution in [3.05, 3.63) is 30.0 Å². The van der Waals surface area contributed by atoms with E-state index < -0.39 is 11.9 Å². The number of ether oxygens (including phenoxy) is 1. The average molecular weight is 367 g/mol. The van der Waals surface area contributed by atoms with Crippen LogP contribution in [0.3, 0.4) is 0 Å². The topological polar surface area (TPSA) is 91.1 Å². The van der Waals surface area contributed by atoms with Gasteiger partial charge in [-0.05, 0) is 17.5 Å². The molecule has 1 fully saturated rings. The Labute approximate surface area is 159 Å². The highest BCUT2D eigenvalue weighted by molar-refractivity contribution is 5.85. The summed E-state index contributed by atoms with van der Waals surface area (Å²) in [6, 6.07) is 9.57. The number of benzene rings is 1. The molecule has 2 heterocycles. The van der Waals surface area contributed by atoms with Crippen molar-refractivity contribution in [1.29, 1.82) is 5.26 Å². The average Bonchev–Trinajstić information content (AvgIpc) is 2.66. The zero-order valence-electron chi connectivity index (χ0n) is 16.0. The number of carbonyl (C=O) groups excluding carboxylic acids is 1. The lowest BCUT2D eigenvalue weighted by atomic mass is 9.98. The molecule has 2 aromatic rings. The smallest absolute Gasteiger partial charge is 0.329 e. The SMILES string of the molecule is CC(C)(C)COC(=O)C(C#N)c1nc2ccccc2nc1N1CCNCC1. The van der Waals surface area contributed by atoms with Gasteiger partial charge in [0.1, 0.15) is 5.69 Å². The maximum absolute atomic E-state index is 12.6. The normalized spacial score (nSPS) is 16.0. The highest BCUT2D eigenvalue weighted by Crippen LogP contribution is 2.28. The quantitative estimate of drug-likeness (QED) is 0.829. The van der Waals surface area contributed by atoms with Gasteiger partial charge in [-0.15, -0.1) is 0 Å². The number of esters is 1. The van der Waals surface area contributed by atoms with Gasteiger partial charge in [-0.3, -0.25) is 4.79 Å². The number of hydrogen-bond donors (Lipinski definition) is 1. The first kappa shape index (κ1) is 19.1. The molecule has 0 spiro atoms. The highest BCUT2D eigenvalue weighted by atomic mass is 16.5. The molecule has 7 heteroatoms. The van der Waals surface area contributed by atoms with Gasteiger partial charge in [0.05, 0.1) is 23.7 Å². The summed E-state index contributed by atoms with van der Waals surface area (Å²) in [4.78, 5) is 24.1. The highest BCUT2D eigenvalue weighted by Gasteiger charge is 2.31. The van der Waals surface area contributed by atoms with E-state index in [2.05, 4.69) is 21.3 Å². The molecule has 0 amide bonds. The van der Waals surface area contributed by atoms with Crippen molar-refractivity contribution in [2.24, 2.45) is 5.41 Å². The second-order valence-electron chi connectivity index (χ2n) is 7.89. The van der Waals surface area contributed by atoms with Gasteiger partial charge in [0.15, 0.2) is 11.7 Å². The number of aromatic nitrogens is 2. The van der Waals surface area contributed by atoms with Crippen LogP contribution < -0.4 is 10.2 Å². The van der Waals surface area contributed by atoms with E-state index in [-0.39, 0.29) is 12.0 Å². The molecule has 3 rings (SSSR count). The lowest BCUT2D eigenvalue weighted by Crippen LogP contribution is -2.44. The lowest BCUT2D eigenvalue weighted by molar-refractivity contribution is -0.146. The second-order valence-corrected chi connectivity index (χ2v) is 7.89. The third-order valence-corrected chi connectivity index (χ3v) is 4.28. The monoisotopic (exact) mass is 367 g/mol. The first-order valence-electron chi connectivity index (χ1n) is 9.18. The van der Waals surface area contributed by atoms with Crippen LogP contribution in [0.15, 0.2) is 24.3 Å². The number of nitrogens with zero attached hydrogens (tertiary/aromatic N) is 4. The summed E-state index contributed by atoms with van der Waals surface area (Å²) < 4.78 is 5.41. The standard InChI is InChI=1S/C20H25N5O2/c1-20(2,3)13-27-19(26)14(12-21)17-18(25-10-8-22-9-11-25)24-16-7-5-4-6-15(16)23-17/h4-7,14,22H,8-11,13H2,1-3H3. The Morgan fingerprint density at radius 3 is 2.48 bits per heavy atom. The maximum atomic E-state index is 12.6. The first-order valence-corrected chi connectivity index (χ1v) is 9.18. The molecule has 0 aliphatic carbocycles. The van der Waals surface area contributed by atoms with Crippen LogP contribution in [0.25, 0.3) is 11.0 Å². The summed E-state index contributed by atoms with van der Waals surface area (Å²) in [6.45, 7) is 9.30. The van der Waals surface area contributed by atoms with E-state index in [9.17, 15) is 10.1 Å². The van der Waals surface area contributed by atoms with Crippen molar-refractivity contribution in [2.45, 2.75) is 26.7 Å². The molecule has 1 aromatic heterocycles. The minimum Gasteiger partial charge on any atom is -0.464 e. The summed E-state index contributed by atoms with van der Waals surface area (Å²) in [5, 5.41) is 13.0. The first-order chi connectivity index (χ1) is 12.9. The second kappa shape index (κ2) is 7.89. The number of nitriles is 1. The Balaban J connectivity index is 2.01. The van der Waals surface area contributed by atoms with Crippen LogP contribution in [-0.2, 0) is 9.53 Å².